The fourth-order valence-electron chi connectivity index (χ4n) is 2.69. The van der Waals surface area contributed by atoms with Crippen LogP contribution in [0.15, 0.2) is 77.9 Å². The molecule has 0 spiro atoms. The maximum atomic E-state index is 12.0. The average Bonchev–Trinajstić information content (AvgIpc) is 2.78. The molecule has 0 radical (unpaired) electrons. The summed E-state index contributed by atoms with van der Waals surface area (Å²) in [5.41, 5.74) is 4.89. The highest BCUT2D eigenvalue weighted by Crippen LogP contribution is 2.15. The quantitative estimate of drug-likeness (QED) is 0.281. The highest BCUT2D eigenvalue weighted by atomic mass is 35.5. The van der Waals surface area contributed by atoms with Gasteiger partial charge in [0.25, 0.3) is 5.91 Å². The Morgan fingerprint density at radius 3 is 2.30 bits per heavy atom. The summed E-state index contributed by atoms with van der Waals surface area (Å²) in [6.07, 6.45) is 1.38. The van der Waals surface area contributed by atoms with Gasteiger partial charge in [-0.05, 0) is 72.6 Å². The van der Waals surface area contributed by atoms with Crippen LogP contribution in [-0.2, 0) is 14.4 Å². The van der Waals surface area contributed by atoms with Crippen molar-refractivity contribution in [3.05, 3.63) is 88.9 Å². The van der Waals surface area contributed by atoms with Crippen molar-refractivity contribution in [2.75, 3.05) is 17.2 Å². The first-order valence-corrected chi connectivity index (χ1v) is 10.3. The molecule has 0 aliphatic carbocycles. The molecule has 0 aliphatic rings. The highest BCUT2D eigenvalue weighted by Gasteiger charge is 2.12. The summed E-state index contributed by atoms with van der Waals surface area (Å²) >= 11 is 5.89. The van der Waals surface area contributed by atoms with Crippen molar-refractivity contribution in [3.8, 4) is 5.75 Å². The van der Waals surface area contributed by atoms with Crippen molar-refractivity contribution < 1.29 is 19.1 Å². The smallest absolute Gasteiger partial charge is 0.329 e. The third-order valence-corrected chi connectivity index (χ3v) is 4.46. The van der Waals surface area contributed by atoms with Gasteiger partial charge in [0.15, 0.2) is 6.61 Å². The Hall–Kier alpha value is -4.17. The van der Waals surface area contributed by atoms with Gasteiger partial charge < -0.3 is 15.4 Å². The van der Waals surface area contributed by atoms with E-state index in [9.17, 15) is 14.4 Å². The topological polar surface area (TPSA) is 109 Å². The van der Waals surface area contributed by atoms with E-state index < -0.39 is 11.8 Å². The molecule has 0 saturated carbocycles. The monoisotopic (exact) mass is 464 g/mol. The number of nitrogens with one attached hydrogen (secondary N) is 3. The zero-order valence-electron chi connectivity index (χ0n) is 17.7. The van der Waals surface area contributed by atoms with Gasteiger partial charge in [0, 0.05) is 16.4 Å². The third kappa shape index (κ3) is 7.79. The van der Waals surface area contributed by atoms with Crippen LogP contribution in [0.25, 0.3) is 0 Å². The molecular formula is C24H21ClN4O4. The van der Waals surface area contributed by atoms with E-state index in [1.54, 1.807) is 66.7 Å². The van der Waals surface area contributed by atoms with Crippen molar-refractivity contribution >= 4 is 46.9 Å². The van der Waals surface area contributed by atoms with E-state index in [1.165, 1.54) is 6.21 Å². The summed E-state index contributed by atoms with van der Waals surface area (Å²) in [5.74, 6) is -1.56. The molecule has 0 aromatic heterocycles. The lowest BCUT2D eigenvalue weighted by molar-refractivity contribution is -0.136. The van der Waals surface area contributed by atoms with Crippen LogP contribution in [0, 0.1) is 6.92 Å². The second-order valence-corrected chi connectivity index (χ2v) is 7.38. The minimum Gasteiger partial charge on any atom is -0.484 e. The molecule has 3 N–H and O–H groups in total. The van der Waals surface area contributed by atoms with E-state index in [4.69, 9.17) is 16.3 Å². The maximum Gasteiger partial charge on any atom is 0.329 e. The largest absolute Gasteiger partial charge is 0.484 e. The molecule has 9 heteroatoms. The number of hydrogen-bond donors (Lipinski definition) is 3. The number of halogens is 1. The first-order chi connectivity index (χ1) is 15.9. The molecule has 3 aromatic carbocycles. The molecule has 8 nitrogen and oxygen atoms in total. The third-order valence-electron chi connectivity index (χ3n) is 4.22. The molecule has 0 bridgehead atoms. The molecule has 3 rings (SSSR count). The van der Waals surface area contributed by atoms with E-state index in [0.29, 0.717) is 27.7 Å². The van der Waals surface area contributed by atoms with Crippen LogP contribution < -0.4 is 20.8 Å². The van der Waals surface area contributed by atoms with E-state index in [0.717, 1.165) is 5.56 Å². The zero-order valence-corrected chi connectivity index (χ0v) is 18.4. The van der Waals surface area contributed by atoms with E-state index >= 15 is 0 Å². The SMILES string of the molecule is Cc1cccc(NC(=O)C(=O)N/N=C\c2ccc(OCC(=O)Nc3cccc(Cl)c3)cc2)c1. The lowest BCUT2D eigenvalue weighted by atomic mass is 10.2. The number of aryl methyl sites for hydroxylation is 1. The summed E-state index contributed by atoms with van der Waals surface area (Å²) < 4.78 is 5.45. The predicted octanol–water partition coefficient (Wildman–Crippen LogP) is 3.75. The van der Waals surface area contributed by atoms with Crippen LogP contribution in [0.5, 0.6) is 5.75 Å². The van der Waals surface area contributed by atoms with Crippen molar-refractivity contribution in [1.82, 2.24) is 5.43 Å². The average molecular weight is 465 g/mol. The number of benzene rings is 3. The van der Waals surface area contributed by atoms with Crippen molar-refractivity contribution in [1.29, 1.82) is 0 Å². The molecule has 0 unspecified atom stereocenters. The Morgan fingerprint density at radius 2 is 1.61 bits per heavy atom. The molecule has 0 heterocycles. The standard InChI is InChI=1S/C24H21ClN4O4/c1-16-4-2-6-19(12-16)28-23(31)24(32)29-26-14-17-8-10-21(11-9-17)33-15-22(30)27-20-7-3-5-18(25)13-20/h2-14H,15H2,1H3,(H,27,30)(H,28,31)(H,29,32)/b26-14-. The summed E-state index contributed by atoms with van der Waals surface area (Å²) in [6.45, 7) is 1.71. The molecule has 33 heavy (non-hydrogen) atoms. The Morgan fingerprint density at radius 1 is 0.909 bits per heavy atom. The van der Waals surface area contributed by atoms with Crippen LogP contribution in [0.2, 0.25) is 5.02 Å². The second-order valence-electron chi connectivity index (χ2n) is 6.94. The Kier molecular flexibility index (Phi) is 8.15. The lowest BCUT2D eigenvalue weighted by Crippen LogP contribution is -2.32. The normalized spacial score (nSPS) is 10.5. The lowest BCUT2D eigenvalue weighted by Gasteiger charge is -2.08. The molecule has 0 aliphatic heterocycles. The van der Waals surface area contributed by atoms with Crippen LogP contribution in [0.3, 0.4) is 0 Å². The van der Waals surface area contributed by atoms with Gasteiger partial charge in [-0.25, -0.2) is 5.43 Å². The van der Waals surface area contributed by atoms with Crippen LogP contribution in [0.1, 0.15) is 11.1 Å². The molecule has 0 atom stereocenters. The molecule has 3 amide bonds. The number of amides is 3. The van der Waals surface area contributed by atoms with Crippen LogP contribution >= 0.6 is 11.6 Å². The summed E-state index contributed by atoms with van der Waals surface area (Å²) in [4.78, 5) is 35.8. The minimum atomic E-state index is -0.890. The van der Waals surface area contributed by atoms with Gasteiger partial charge >= 0.3 is 11.8 Å². The molecule has 168 valence electrons. The minimum absolute atomic E-state index is 0.175. The van der Waals surface area contributed by atoms with Gasteiger partial charge in [0.1, 0.15) is 5.75 Å². The van der Waals surface area contributed by atoms with Crippen molar-refractivity contribution in [3.63, 3.8) is 0 Å². The van der Waals surface area contributed by atoms with E-state index in [2.05, 4.69) is 21.2 Å². The van der Waals surface area contributed by atoms with Crippen LogP contribution in [-0.4, -0.2) is 30.5 Å². The molecule has 3 aromatic rings. The fourth-order valence-corrected chi connectivity index (χ4v) is 2.88. The Labute approximate surface area is 195 Å². The number of hydrogen-bond acceptors (Lipinski definition) is 5. The number of carbonyl (C=O) groups is 3. The summed E-state index contributed by atoms with van der Waals surface area (Å²) in [7, 11) is 0. The highest BCUT2D eigenvalue weighted by molar-refractivity contribution is 6.39. The second kappa shape index (κ2) is 11.4. The number of carbonyl (C=O) groups excluding carboxylic acids is 3. The molecule has 0 saturated heterocycles. The summed E-state index contributed by atoms with van der Waals surface area (Å²) in [5, 5.41) is 9.49. The van der Waals surface area contributed by atoms with Gasteiger partial charge in [-0.3, -0.25) is 14.4 Å². The van der Waals surface area contributed by atoms with E-state index in [-0.39, 0.29) is 12.5 Å². The number of hydrazone groups is 1. The van der Waals surface area contributed by atoms with Gasteiger partial charge in [0.2, 0.25) is 0 Å². The number of ether oxygens (including phenoxy) is 1. The number of anilines is 2. The van der Waals surface area contributed by atoms with E-state index in [1.807, 2.05) is 13.0 Å². The van der Waals surface area contributed by atoms with Crippen molar-refractivity contribution in [2.24, 2.45) is 5.10 Å². The van der Waals surface area contributed by atoms with Gasteiger partial charge in [-0.1, -0.05) is 29.8 Å². The molecular weight excluding hydrogens is 444 g/mol. The number of rotatable bonds is 7. The fraction of sp³-hybridized carbons (Fsp3) is 0.0833. The Balaban J connectivity index is 1.43. The Bertz CT molecular complexity index is 1180. The van der Waals surface area contributed by atoms with Gasteiger partial charge in [-0.15, -0.1) is 0 Å². The summed E-state index contributed by atoms with van der Waals surface area (Å²) in [6, 6.07) is 20.6. The van der Waals surface area contributed by atoms with Crippen molar-refractivity contribution in [2.45, 2.75) is 6.92 Å². The first-order valence-electron chi connectivity index (χ1n) is 9.88. The maximum absolute atomic E-state index is 12.0. The predicted molar refractivity (Wildman–Crippen MR) is 128 cm³/mol. The van der Waals surface area contributed by atoms with Gasteiger partial charge in [0.05, 0.1) is 6.21 Å². The molecule has 0 fully saturated rings. The zero-order chi connectivity index (χ0) is 23.6. The first kappa shape index (κ1) is 23.5. The van der Waals surface area contributed by atoms with Gasteiger partial charge in [-0.2, -0.15) is 5.10 Å². The number of nitrogens with zero attached hydrogens (tertiary/aromatic N) is 1. The van der Waals surface area contributed by atoms with Crippen LogP contribution in [0.4, 0.5) is 11.4 Å².